The van der Waals surface area contributed by atoms with Gasteiger partial charge in [0.15, 0.2) is 4.77 Å². The monoisotopic (exact) mass is 300 g/mol. The second-order valence-electron chi connectivity index (χ2n) is 4.95. The van der Waals surface area contributed by atoms with E-state index in [1.165, 1.54) is 6.07 Å². The molecule has 1 aromatic carbocycles. The molecule has 102 valence electrons. The van der Waals surface area contributed by atoms with Crippen molar-refractivity contribution in [2.24, 2.45) is 5.92 Å². The second-order valence-corrected chi connectivity index (χ2v) is 5.74. The van der Waals surface area contributed by atoms with Gasteiger partial charge in [0.05, 0.1) is 22.2 Å². The molecule has 1 N–H and O–H groups in total. The molecule has 6 heteroatoms. The number of hydrogen-bond acceptors (Lipinski definition) is 2. The average molecular weight is 301 g/mol. The molecule has 19 heavy (non-hydrogen) atoms. The normalized spacial score (nSPS) is 23.3. The number of fused-ring (bicyclic) bond motifs is 1. The number of imidazole rings is 1. The largest absolute Gasteiger partial charge is 0.378 e. The zero-order valence-electron chi connectivity index (χ0n) is 10.5. The summed E-state index contributed by atoms with van der Waals surface area (Å²) in [7, 11) is 0. The molecule has 2 atom stereocenters. The Labute approximate surface area is 120 Å². The van der Waals surface area contributed by atoms with Crippen LogP contribution in [0.5, 0.6) is 0 Å². The number of nitrogens with zero attached hydrogens (tertiary/aromatic N) is 1. The molecule has 1 fully saturated rings. The third-order valence-electron chi connectivity index (χ3n) is 3.77. The van der Waals surface area contributed by atoms with Crippen molar-refractivity contribution in [1.82, 2.24) is 9.55 Å². The second kappa shape index (κ2) is 4.89. The Morgan fingerprint density at radius 1 is 1.58 bits per heavy atom. The number of ether oxygens (including phenoxy) is 1. The Kier molecular flexibility index (Phi) is 3.37. The number of rotatable bonds is 2. The van der Waals surface area contributed by atoms with Crippen LogP contribution in [-0.4, -0.2) is 22.3 Å². The Bertz CT molecular complexity index is 681. The van der Waals surface area contributed by atoms with Crippen LogP contribution >= 0.6 is 23.8 Å². The minimum atomic E-state index is -0.423. The van der Waals surface area contributed by atoms with Crippen molar-refractivity contribution in [2.75, 3.05) is 6.61 Å². The zero-order valence-corrected chi connectivity index (χ0v) is 12.0. The van der Waals surface area contributed by atoms with Crippen LogP contribution in [0.3, 0.4) is 0 Å². The van der Waals surface area contributed by atoms with Gasteiger partial charge in [0, 0.05) is 25.1 Å². The Hall–Kier alpha value is -0.910. The summed E-state index contributed by atoms with van der Waals surface area (Å²) >= 11 is 11.1. The minimum absolute atomic E-state index is 0.105. The number of hydrogen-bond donors (Lipinski definition) is 1. The SMILES string of the molecule is CC1OCCC1Cn1c(=S)[nH]c2cc(Cl)c(F)cc21. The lowest BCUT2D eigenvalue weighted by Crippen LogP contribution is -2.17. The molecule has 1 saturated heterocycles. The number of halogens is 2. The van der Waals surface area contributed by atoms with Crippen LogP contribution in [0.4, 0.5) is 4.39 Å². The standard InChI is InChI=1S/C13H14ClFN2OS/c1-7-8(2-3-18-7)6-17-12-5-10(15)9(14)4-11(12)16-13(17)19/h4-5,7-8H,2-3,6H2,1H3,(H,16,19). The van der Waals surface area contributed by atoms with Crippen LogP contribution in [0.2, 0.25) is 5.02 Å². The third-order valence-corrected chi connectivity index (χ3v) is 4.38. The first-order chi connectivity index (χ1) is 9.06. The van der Waals surface area contributed by atoms with Gasteiger partial charge >= 0.3 is 0 Å². The lowest BCUT2D eigenvalue weighted by molar-refractivity contribution is 0.102. The number of H-pyrrole nitrogens is 1. The van der Waals surface area contributed by atoms with Crippen molar-refractivity contribution in [3.63, 3.8) is 0 Å². The summed E-state index contributed by atoms with van der Waals surface area (Å²) in [5, 5.41) is 0.105. The predicted molar refractivity (Wildman–Crippen MR) is 75.6 cm³/mol. The molecule has 0 bridgehead atoms. The van der Waals surface area contributed by atoms with Crippen molar-refractivity contribution in [3.8, 4) is 0 Å². The van der Waals surface area contributed by atoms with Gasteiger partial charge in [0.1, 0.15) is 5.82 Å². The average Bonchev–Trinajstić information content (AvgIpc) is 2.88. The van der Waals surface area contributed by atoms with Gasteiger partial charge in [0.2, 0.25) is 0 Å². The van der Waals surface area contributed by atoms with Gasteiger partial charge in [-0.15, -0.1) is 0 Å². The van der Waals surface area contributed by atoms with Gasteiger partial charge in [-0.2, -0.15) is 0 Å². The lowest BCUT2D eigenvalue weighted by Gasteiger charge is -2.15. The molecule has 0 radical (unpaired) electrons. The van der Waals surface area contributed by atoms with E-state index in [2.05, 4.69) is 11.9 Å². The molecule has 0 saturated carbocycles. The minimum Gasteiger partial charge on any atom is -0.378 e. The van der Waals surface area contributed by atoms with Gasteiger partial charge in [-0.25, -0.2) is 4.39 Å². The molecule has 1 aliphatic rings. The highest BCUT2D eigenvalue weighted by Gasteiger charge is 2.25. The summed E-state index contributed by atoms with van der Waals surface area (Å²) in [4.78, 5) is 3.07. The highest BCUT2D eigenvalue weighted by atomic mass is 35.5. The van der Waals surface area contributed by atoms with Crippen LogP contribution in [0.15, 0.2) is 12.1 Å². The molecule has 1 aromatic heterocycles. The van der Waals surface area contributed by atoms with E-state index in [1.54, 1.807) is 6.07 Å². The maximum atomic E-state index is 13.6. The topological polar surface area (TPSA) is 29.9 Å². The van der Waals surface area contributed by atoms with Gasteiger partial charge < -0.3 is 14.3 Å². The molecule has 2 unspecified atom stereocenters. The molecule has 2 heterocycles. The summed E-state index contributed by atoms with van der Waals surface area (Å²) in [6, 6.07) is 3.01. The van der Waals surface area contributed by atoms with Gasteiger partial charge in [0.25, 0.3) is 0 Å². The molecule has 3 nitrogen and oxygen atoms in total. The fourth-order valence-corrected chi connectivity index (χ4v) is 3.03. The van der Waals surface area contributed by atoms with Crippen LogP contribution < -0.4 is 0 Å². The zero-order chi connectivity index (χ0) is 13.6. The summed E-state index contributed by atoms with van der Waals surface area (Å²) in [6.07, 6.45) is 1.22. The smallest absolute Gasteiger partial charge is 0.178 e. The van der Waals surface area contributed by atoms with Crippen molar-refractivity contribution in [1.29, 1.82) is 0 Å². The third kappa shape index (κ3) is 2.30. The highest BCUT2D eigenvalue weighted by molar-refractivity contribution is 7.71. The van der Waals surface area contributed by atoms with Gasteiger partial charge in [-0.1, -0.05) is 11.6 Å². The van der Waals surface area contributed by atoms with E-state index in [4.69, 9.17) is 28.6 Å². The van der Waals surface area contributed by atoms with Gasteiger partial charge in [-0.05, 0) is 31.6 Å². The summed E-state index contributed by atoms with van der Waals surface area (Å²) in [6.45, 7) is 3.58. The van der Waals surface area contributed by atoms with Crippen molar-refractivity contribution in [3.05, 3.63) is 27.7 Å². The Morgan fingerprint density at radius 2 is 2.37 bits per heavy atom. The first kappa shape index (κ1) is 13.1. The quantitative estimate of drug-likeness (QED) is 0.852. The summed E-state index contributed by atoms with van der Waals surface area (Å²) in [5.41, 5.74) is 1.52. The van der Waals surface area contributed by atoms with Crippen molar-refractivity contribution >= 4 is 34.9 Å². The first-order valence-electron chi connectivity index (χ1n) is 6.25. The van der Waals surface area contributed by atoms with Crippen LogP contribution in [0.1, 0.15) is 13.3 Å². The maximum absolute atomic E-state index is 13.6. The fourth-order valence-electron chi connectivity index (χ4n) is 2.58. The number of aromatic amines is 1. The number of aromatic nitrogens is 2. The molecule has 0 aliphatic carbocycles. The molecule has 0 amide bonds. The Morgan fingerprint density at radius 3 is 3.05 bits per heavy atom. The molecule has 0 spiro atoms. The molecule has 3 rings (SSSR count). The van der Waals surface area contributed by atoms with E-state index < -0.39 is 5.82 Å². The number of nitrogens with one attached hydrogen (secondary N) is 1. The van der Waals surface area contributed by atoms with E-state index in [0.29, 0.717) is 10.7 Å². The van der Waals surface area contributed by atoms with Crippen LogP contribution in [0, 0.1) is 16.5 Å². The summed E-state index contributed by atoms with van der Waals surface area (Å²) in [5.74, 6) is -0.0166. The highest BCUT2D eigenvalue weighted by Crippen LogP contribution is 2.27. The number of benzene rings is 1. The molecular weight excluding hydrogens is 287 g/mol. The summed E-state index contributed by atoms with van der Waals surface area (Å²) < 4.78 is 21.7. The van der Waals surface area contributed by atoms with Crippen molar-refractivity contribution in [2.45, 2.75) is 26.0 Å². The van der Waals surface area contributed by atoms with Crippen LogP contribution in [0.25, 0.3) is 11.0 Å². The molecular formula is C13H14ClFN2OS. The molecule has 2 aromatic rings. The van der Waals surface area contributed by atoms with Crippen molar-refractivity contribution < 1.29 is 9.13 Å². The van der Waals surface area contributed by atoms with E-state index >= 15 is 0 Å². The lowest BCUT2D eigenvalue weighted by atomic mass is 10.0. The predicted octanol–water partition coefficient (Wildman–Crippen LogP) is 3.92. The first-order valence-corrected chi connectivity index (χ1v) is 7.04. The van der Waals surface area contributed by atoms with E-state index in [0.717, 1.165) is 30.6 Å². The maximum Gasteiger partial charge on any atom is 0.178 e. The molecule has 1 aliphatic heterocycles. The van der Waals surface area contributed by atoms with E-state index in [1.807, 2.05) is 4.57 Å². The Balaban J connectivity index is 2.05. The van der Waals surface area contributed by atoms with Crippen LogP contribution in [-0.2, 0) is 11.3 Å². The fraction of sp³-hybridized carbons (Fsp3) is 0.462. The van der Waals surface area contributed by atoms with Gasteiger partial charge in [-0.3, -0.25) is 0 Å². The van der Waals surface area contributed by atoms with E-state index in [-0.39, 0.29) is 11.1 Å². The van der Waals surface area contributed by atoms with E-state index in [9.17, 15) is 4.39 Å².